The minimum absolute atomic E-state index is 0.0194. The molecular formula is C25H26Cl2N2O3. The minimum Gasteiger partial charge on any atom is -0.326 e. The molecular weight excluding hydrogens is 447 g/mol. The summed E-state index contributed by atoms with van der Waals surface area (Å²) in [5.41, 5.74) is 1.43. The van der Waals surface area contributed by atoms with E-state index in [1.54, 1.807) is 6.07 Å². The van der Waals surface area contributed by atoms with Crippen molar-refractivity contribution in [1.82, 2.24) is 0 Å². The Morgan fingerprint density at radius 3 is 2.50 bits per heavy atom. The lowest BCUT2D eigenvalue weighted by Gasteiger charge is -2.39. The highest BCUT2D eigenvalue weighted by molar-refractivity contribution is 6.36. The van der Waals surface area contributed by atoms with Gasteiger partial charge in [0.15, 0.2) is 0 Å². The van der Waals surface area contributed by atoms with Gasteiger partial charge in [-0.2, -0.15) is 0 Å². The molecule has 2 fully saturated rings. The van der Waals surface area contributed by atoms with Crippen LogP contribution in [0.25, 0.3) is 0 Å². The molecule has 0 spiro atoms. The van der Waals surface area contributed by atoms with Crippen LogP contribution in [-0.2, 0) is 9.63 Å². The van der Waals surface area contributed by atoms with Gasteiger partial charge in [-0.1, -0.05) is 61.3 Å². The number of fused-ring (bicyclic) bond motifs is 2. The van der Waals surface area contributed by atoms with E-state index in [9.17, 15) is 9.59 Å². The third-order valence-corrected chi connectivity index (χ3v) is 8.38. The number of amides is 1. The van der Waals surface area contributed by atoms with Gasteiger partial charge in [-0.05, 0) is 61.1 Å². The summed E-state index contributed by atoms with van der Waals surface area (Å²) in [6.45, 7) is 8.31. The highest BCUT2D eigenvalue weighted by atomic mass is 35.5. The highest BCUT2D eigenvalue weighted by Gasteiger charge is 2.71. The topological polar surface area (TPSA) is 67.8 Å². The van der Waals surface area contributed by atoms with E-state index in [4.69, 9.17) is 28.0 Å². The summed E-state index contributed by atoms with van der Waals surface area (Å²) in [5, 5.41) is 8.00. The quantitative estimate of drug-likeness (QED) is 0.398. The maximum absolute atomic E-state index is 13.5. The summed E-state index contributed by atoms with van der Waals surface area (Å²) < 4.78 is 0. The maximum Gasteiger partial charge on any atom is 0.367 e. The Hall–Kier alpha value is -2.37. The van der Waals surface area contributed by atoms with Gasteiger partial charge >= 0.3 is 5.97 Å². The van der Waals surface area contributed by atoms with Crippen LogP contribution in [0.3, 0.4) is 0 Å². The van der Waals surface area contributed by atoms with E-state index in [-0.39, 0.29) is 27.3 Å². The van der Waals surface area contributed by atoms with E-state index in [2.05, 4.69) is 31.2 Å². The van der Waals surface area contributed by atoms with Gasteiger partial charge in [-0.25, -0.2) is 4.79 Å². The third kappa shape index (κ3) is 3.43. The maximum atomic E-state index is 13.5. The molecule has 2 aromatic rings. The number of hydrogen-bond acceptors (Lipinski definition) is 4. The van der Waals surface area contributed by atoms with Crippen molar-refractivity contribution in [2.24, 2.45) is 21.4 Å². The van der Waals surface area contributed by atoms with Gasteiger partial charge in [0.2, 0.25) is 5.91 Å². The largest absolute Gasteiger partial charge is 0.367 e. The van der Waals surface area contributed by atoms with Gasteiger partial charge in [-0.3, -0.25) is 4.79 Å². The normalized spacial score (nSPS) is 26.9. The molecule has 5 nitrogen and oxygen atoms in total. The number of aryl methyl sites for hydroxylation is 1. The Bertz CT molecular complexity index is 1140. The van der Waals surface area contributed by atoms with E-state index >= 15 is 0 Å². The van der Waals surface area contributed by atoms with Crippen LogP contribution in [0, 0.1) is 23.2 Å². The Kier molecular flexibility index (Phi) is 5.62. The van der Waals surface area contributed by atoms with Gasteiger partial charge < -0.3 is 10.2 Å². The zero-order chi connectivity index (χ0) is 23.3. The molecule has 2 bridgehead atoms. The fraction of sp³-hybridized carbons (Fsp3) is 0.400. The van der Waals surface area contributed by atoms with Gasteiger partial charge in [0.1, 0.15) is 0 Å². The first-order valence-corrected chi connectivity index (χ1v) is 11.4. The molecule has 4 rings (SSSR count). The van der Waals surface area contributed by atoms with Crippen LogP contribution < -0.4 is 5.32 Å². The molecule has 2 aliphatic carbocycles. The van der Waals surface area contributed by atoms with Crippen molar-refractivity contribution < 1.29 is 14.4 Å². The van der Waals surface area contributed by atoms with Gasteiger partial charge in [0, 0.05) is 22.5 Å². The molecule has 2 aromatic carbocycles. The number of nitrogens with one attached hydrogen (secondary N) is 1. The summed E-state index contributed by atoms with van der Waals surface area (Å²) in [6, 6.07) is 12.3. The summed E-state index contributed by atoms with van der Waals surface area (Å²) in [5.74, 6) is -0.671. The van der Waals surface area contributed by atoms with Crippen LogP contribution in [0.1, 0.15) is 56.0 Å². The fourth-order valence-electron chi connectivity index (χ4n) is 5.30. The second kappa shape index (κ2) is 7.89. The lowest BCUT2D eigenvalue weighted by atomic mass is 9.64. The molecule has 0 aliphatic heterocycles. The number of benzene rings is 2. The molecule has 1 amide bonds. The zero-order valence-corrected chi connectivity index (χ0v) is 20.1. The summed E-state index contributed by atoms with van der Waals surface area (Å²) in [4.78, 5) is 31.4. The first-order chi connectivity index (χ1) is 15.0. The molecule has 1 N–H and O–H groups in total. The Morgan fingerprint density at radius 2 is 1.81 bits per heavy atom. The van der Waals surface area contributed by atoms with Crippen molar-refractivity contribution in [2.45, 2.75) is 47.0 Å². The number of anilines is 1. The van der Waals surface area contributed by atoms with E-state index in [0.717, 1.165) is 29.8 Å². The predicted octanol–water partition coefficient (Wildman–Crippen LogP) is 6.67. The van der Waals surface area contributed by atoms with Gasteiger partial charge in [0.05, 0.1) is 21.7 Å². The first-order valence-electron chi connectivity index (χ1n) is 10.6. The lowest BCUT2D eigenvalue weighted by molar-refractivity contribution is -0.130. The van der Waals surface area contributed by atoms with Crippen molar-refractivity contribution in [3.05, 3.63) is 63.6 Å². The van der Waals surface area contributed by atoms with Crippen LogP contribution in [0.2, 0.25) is 10.0 Å². The number of carbonyl (C=O) groups excluding carboxylic acids is 2. The number of oxime groups is 1. The molecule has 168 valence electrons. The molecule has 0 unspecified atom stereocenters. The molecule has 7 heteroatoms. The van der Waals surface area contributed by atoms with Crippen molar-refractivity contribution >= 4 is 46.5 Å². The molecule has 32 heavy (non-hydrogen) atoms. The minimum atomic E-state index is -0.651. The molecule has 2 aliphatic rings. The summed E-state index contributed by atoms with van der Waals surface area (Å²) in [7, 11) is 0. The second-order valence-electron chi connectivity index (χ2n) is 9.58. The van der Waals surface area contributed by atoms with Crippen molar-refractivity contribution in [2.75, 3.05) is 5.32 Å². The van der Waals surface area contributed by atoms with Crippen molar-refractivity contribution in [1.29, 1.82) is 0 Å². The molecule has 2 atom stereocenters. The Morgan fingerprint density at radius 1 is 1.06 bits per heavy atom. The average molecular weight is 473 g/mol. The summed E-state index contributed by atoms with van der Waals surface area (Å²) in [6.07, 6.45) is 1.99. The fourth-order valence-corrected chi connectivity index (χ4v) is 5.78. The van der Waals surface area contributed by atoms with E-state index in [1.165, 1.54) is 12.1 Å². The zero-order valence-electron chi connectivity index (χ0n) is 18.6. The van der Waals surface area contributed by atoms with Gasteiger partial charge in [-0.15, -0.1) is 0 Å². The van der Waals surface area contributed by atoms with Crippen LogP contribution in [-0.4, -0.2) is 17.6 Å². The molecule has 0 heterocycles. The molecule has 0 radical (unpaired) electrons. The van der Waals surface area contributed by atoms with Crippen molar-refractivity contribution in [3.63, 3.8) is 0 Å². The number of rotatable bonds is 4. The highest BCUT2D eigenvalue weighted by Crippen LogP contribution is 2.71. The van der Waals surface area contributed by atoms with E-state index in [0.29, 0.717) is 11.4 Å². The van der Waals surface area contributed by atoms with Crippen LogP contribution in [0.5, 0.6) is 0 Å². The van der Waals surface area contributed by atoms with Crippen LogP contribution >= 0.6 is 23.2 Å². The number of halogens is 2. The number of carbonyl (C=O) groups is 2. The molecule has 2 saturated carbocycles. The van der Waals surface area contributed by atoms with Crippen molar-refractivity contribution in [3.8, 4) is 0 Å². The summed E-state index contributed by atoms with van der Waals surface area (Å²) >= 11 is 12.0. The van der Waals surface area contributed by atoms with Gasteiger partial charge in [0.25, 0.3) is 0 Å². The second-order valence-corrected chi connectivity index (χ2v) is 10.4. The van der Waals surface area contributed by atoms with E-state index in [1.807, 2.05) is 31.2 Å². The lowest BCUT2D eigenvalue weighted by Crippen LogP contribution is -2.43. The number of nitrogens with zero attached hydrogens (tertiary/aromatic N) is 1. The monoisotopic (exact) mass is 472 g/mol. The predicted molar refractivity (Wildman–Crippen MR) is 127 cm³/mol. The molecule has 0 saturated heterocycles. The van der Waals surface area contributed by atoms with E-state index < -0.39 is 11.4 Å². The molecule has 0 aromatic heterocycles. The Balaban J connectivity index is 1.59. The first kappa shape index (κ1) is 22.8. The SMILES string of the molecule is Cc1cccc(NC(=O)[C@@]23CC[C@@](C)(/C(=N\OC(=O)c4ccc(Cl)cc4Cl)C2)C3(C)C)c1. The third-order valence-electron chi connectivity index (χ3n) is 7.83. The smallest absolute Gasteiger partial charge is 0.326 e. The standard InChI is InChI=1S/C25H26Cl2N2O3/c1-15-6-5-7-17(12-15)28-22(31)25-11-10-24(4,23(25,2)3)20(14-25)29-32-21(30)18-9-8-16(26)13-19(18)27/h5-9,12-13H,10-11,14H2,1-4H3,(H,28,31)/b29-20-/t24-,25+/m0/s1. The van der Waals surface area contributed by atoms with Crippen LogP contribution in [0.15, 0.2) is 47.6 Å². The average Bonchev–Trinajstić information content (AvgIpc) is 3.02. The Labute approximate surface area is 198 Å². The van der Waals surface area contributed by atoms with Crippen LogP contribution in [0.4, 0.5) is 5.69 Å². The number of hydrogen-bond donors (Lipinski definition) is 1.